The van der Waals surface area contributed by atoms with Gasteiger partial charge >= 0.3 is 11.9 Å². The molecule has 5 heterocycles. The van der Waals surface area contributed by atoms with Crippen LogP contribution < -0.4 is 77.4 Å². The summed E-state index contributed by atoms with van der Waals surface area (Å²) < 4.78 is 136. The van der Waals surface area contributed by atoms with E-state index in [9.17, 15) is 107 Å². The summed E-state index contributed by atoms with van der Waals surface area (Å²) in [4.78, 5) is 170. The van der Waals surface area contributed by atoms with Crippen LogP contribution in [0.25, 0.3) is 21.8 Å². The topological polar surface area (TPSA) is 699 Å². The summed E-state index contributed by atoms with van der Waals surface area (Å²) in [5.41, 5.74) is 2.60. The van der Waals surface area contributed by atoms with Crippen LogP contribution in [0, 0.1) is 27.7 Å². The molecule has 143 heavy (non-hydrogen) atoms. The first-order valence-electron chi connectivity index (χ1n) is 46.7. The van der Waals surface area contributed by atoms with Crippen LogP contribution in [-0.2, 0) is 76.3 Å². The molecule has 50 nitrogen and oxygen atoms in total. The molecule has 788 valence electrons. The van der Waals surface area contributed by atoms with Crippen LogP contribution >= 0.6 is 21.7 Å². The van der Waals surface area contributed by atoms with Gasteiger partial charge in [0.1, 0.15) is 41.7 Å². The molecular formula is C89H133N25O25S4. The number of carboxylic acids is 2. The maximum Gasteiger partial charge on any atom is 0.323 e. The first kappa shape index (κ1) is 114. The number of imidazole rings is 2. The molecule has 1 aliphatic heterocycles. The van der Waals surface area contributed by atoms with Crippen LogP contribution in [0.5, 0.6) is 11.5 Å². The molecule has 0 radical (unpaired) electrons. The Morgan fingerprint density at radius 1 is 0.427 bits per heavy atom. The molecule has 0 spiro atoms. The number of carbonyl (C=O) groups excluding carboxylic acids is 9. The van der Waals surface area contributed by atoms with Gasteiger partial charge in [-0.05, 0) is 162 Å². The maximum absolute atomic E-state index is 14.5. The number of sulfonamides is 2. The third-order valence-electron chi connectivity index (χ3n) is 23.2. The van der Waals surface area contributed by atoms with Crippen molar-refractivity contribution in [2.45, 2.75) is 153 Å². The van der Waals surface area contributed by atoms with E-state index < -0.39 is 175 Å². The van der Waals surface area contributed by atoms with Gasteiger partial charge in [-0.3, -0.25) is 67.0 Å². The van der Waals surface area contributed by atoms with Gasteiger partial charge in [0.05, 0.1) is 86.2 Å². The van der Waals surface area contributed by atoms with Crippen molar-refractivity contribution in [1.29, 1.82) is 0 Å². The summed E-state index contributed by atoms with van der Waals surface area (Å²) in [5.74, 6) is -11.2. The zero-order chi connectivity index (χ0) is 104. The van der Waals surface area contributed by atoms with Gasteiger partial charge in [0, 0.05) is 184 Å². The summed E-state index contributed by atoms with van der Waals surface area (Å²) in [5, 5.41) is 58.9. The zero-order valence-corrected chi connectivity index (χ0v) is 84.1. The number of nitrogens with one attached hydrogen (secondary N) is 15. The second-order valence-electron chi connectivity index (χ2n) is 34.1. The van der Waals surface area contributed by atoms with Crippen LogP contribution in [0.3, 0.4) is 0 Å². The number of ether oxygens (including phenoxy) is 2. The number of carboxylic acid groups (broad SMARTS) is 2. The van der Waals surface area contributed by atoms with Crippen molar-refractivity contribution in [3.05, 3.63) is 131 Å². The molecule has 0 unspecified atom stereocenters. The van der Waals surface area contributed by atoms with Gasteiger partial charge < -0.3 is 130 Å². The van der Waals surface area contributed by atoms with Crippen molar-refractivity contribution in [3.8, 4) is 11.5 Å². The summed E-state index contributed by atoms with van der Waals surface area (Å²) in [6, 6.07) is 6.16. The van der Waals surface area contributed by atoms with Crippen molar-refractivity contribution in [3.63, 3.8) is 0 Å². The lowest BCUT2D eigenvalue weighted by molar-refractivity contribution is -0.139. The Labute approximate surface area is 830 Å². The lowest BCUT2D eigenvalue weighted by atomic mass is 10.1. The van der Waals surface area contributed by atoms with E-state index >= 15 is 0 Å². The van der Waals surface area contributed by atoms with E-state index in [1.54, 1.807) is 82.9 Å². The molecule has 1 saturated heterocycles. The van der Waals surface area contributed by atoms with E-state index in [1.165, 1.54) is 52.0 Å². The molecule has 0 bridgehead atoms. The number of benzene rings is 4. The van der Waals surface area contributed by atoms with Crippen LogP contribution in [-0.4, -0.2) is 364 Å². The average Bonchev–Trinajstić information content (AvgIpc) is 1.64. The third-order valence-corrected chi connectivity index (χ3v) is 28.3. The largest absolute Gasteiger partial charge is 0.494 e. The zero-order valence-electron chi connectivity index (χ0n) is 80.8. The number of aliphatic carboxylic acids is 2. The summed E-state index contributed by atoms with van der Waals surface area (Å²) in [6.45, 7) is 19.0. The Morgan fingerprint density at radius 3 is 1.17 bits per heavy atom. The van der Waals surface area contributed by atoms with Crippen LogP contribution in [0.4, 0.5) is 11.9 Å². The smallest absolute Gasteiger partial charge is 0.323 e. The Kier molecular flexibility index (Phi) is 44.4. The van der Waals surface area contributed by atoms with Crippen LogP contribution in [0.2, 0.25) is 0 Å². The van der Waals surface area contributed by atoms with E-state index in [0.717, 1.165) is 43.8 Å². The van der Waals surface area contributed by atoms with Crippen molar-refractivity contribution in [2.75, 3.05) is 166 Å². The first-order valence-corrected chi connectivity index (χ1v) is 53.0. The van der Waals surface area contributed by atoms with Gasteiger partial charge in [-0.15, -0.1) is 0 Å². The number of carbonyl (C=O) groups is 11. The molecule has 4 aromatic heterocycles. The van der Waals surface area contributed by atoms with Gasteiger partial charge in [0.2, 0.25) is 61.4 Å². The highest BCUT2D eigenvalue weighted by Gasteiger charge is 2.36. The first-order chi connectivity index (χ1) is 68.0. The highest BCUT2D eigenvalue weighted by atomic mass is 32.3. The minimum atomic E-state index is -4.60. The number of aromatic nitrogens is 8. The number of rotatable bonds is 58. The predicted molar refractivity (Wildman–Crippen MR) is 533 cm³/mol. The lowest BCUT2D eigenvalue weighted by Crippen LogP contribution is -2.57. The lowest BCUT2D eigenvalue weighted by Gasteiger charge is -2.33. The van der Waals surface area contributed by atoms with E-state index in [4.69, 9.17) is 9.47 Å². The minimum Gasteiger partial charge on any atom is -0.494 e. The SMILES string of the molecule is CCN1CCN(CC)CCN(CC(=O)N[C@@H](CCC(=O)N[C@@H](CS(O)(O)O)C(=O)NCCNC(=O)CCCOc2cc(C)c(S(=O)(=O)N[C@@H](CNC(=O)c3ccc4c(cnn4CCCNc4ncc[nH]4)c3)C(=O)O)c(C)c2)C(=O)N[C@@H](CS(O)(O)O)C(=O)NCCNC(=O)CCCOc2cc(C)c(S(=O)(=O)N[C@@H](CNC(=O)c3ccc4c(cnn4CCCNc4ncc[nH]4)c3)C(=O)O)c(C)c2)CCN(CC)CC1. The minimum absolute atomic E-state index is 0.0518. The number of nitrogens with zero attached hydrogens (tertiary/aromatic N) is 10. The number of amides is 9. The van der Waals surface area contributed by atoms with E-state index in [-0.39, 0.29) is 126 Å². The van der Waals surface area contributed by atoms with Crippen molar-refractivity contribution < 1.29 is 117 Å². The molecule has 0 saturated carbocycles. The molecule has 0 aliphatic carbocycles. The van der Waals surface area contributed by atoms with Crippen LogP contribution in [0.15, 0.2) is 108 Å². The van der Waals surface area contributed by atoms with Crippen molar-refractivity contribution >= 4 is 141 Å². The number of aryl methyl sites for hydroxylation is 6. The fourth-order valence-electron chi connectivity index (χ4n) is 15.8. The van der Waals surface area contributed by atoms with E-state index in [0.29, 0.717) is 101 Å². The third kappa shape index (κ3) is 37.8. The number of fused-ring (bicyclic) bond motifs is 2. The monoisotopic (exact) mass is 2080 g/mol. The normalized spacial score (nSPS) is 14.8. The number of hydrogen-bond donors (Lipinski definition) is 23. The summed E-state index contributed by atoms with van der Waals surface area (Å²) in [6.07, 6.45) is 9.92. The number of aromatic amines is 2. The quantitative estimate of drug-likeness (QED) is 0.0242. The molecule has 8 aromatic rings. The number of hydrogen-bond acceptors (Lipinski definition) is 33. The standard InChI is InChI=1S/C89H133N25O25S4/c1-8-109-35-37-110(9-2)39-41-112(42-40-111(10-3)38-36-109)55-78(118)104-68(85(123)106-72(57-141(131,132)133)84(122)93-28-26-91-76(116)16-12-44-139-67-47-60(6)80(61(7)48-67)143(136,137)108-70(87(126)127)54-101-82(120)63-18-21-74-65(50-63)52-103-114(74)34-14-24-95-89-98-31-32-99-89)19-22-77(117)105-71(56-140(128,129)130)83(121)92-27-25-90-75(115)15-11-43-138-66-45-58(4)79(59(5)46-66)142(134,135)107-69(86(124)125)53-100-81(119)62-17-20-73-64(49-62)51-102-113(73)33-13-23-94-88-96-29-30-97-88/h17-18,20-21,29-32,45-52,68-72,107-108,128-133H,8-16,19,22-28,33-44,53-57H2,1-7H3,(H,90,115)(H,91,116)(H,92,121)(H,93,122)(H,100,119)(H,101,120)(H,104,118)(H,105,117)(H,106,123)(H,124,125)(H,126,127)(H2,94,96,97)(H2,95,98,99)/t68-,69-,70-,71-,72-/m0/s1. The Bertz CT molecular complexity index is 5780. The van der Waals surface area contributed by atoms with Crippen LogP contribution in [0.1, 0.15) is 115 Å². The Hall–Kier alpha value is -12.3. The highest BCUT2D eigenvalue weighted by Crippen LogP contribution is 2.35. The maximum atomic E-state index is 14.5. The molecule has 9 rings (SSSR count). The fraction of sp³-hybridized carbons (Fsp3) is 0.517. The van der Waals surface area contributed by atoms with Gasteiger partial charge in [-0.1, -0.05) is 20.8 Å². The van der Waals surface area contributed by atoms with E-state index in [2.05, 4.69) is 120 Å². The molecule has 23 N–H and O–H groups in total. The molecule has 1 aliphatic rings. The summed E-state index contributed by atoms with van der Waals surface area (Å²) >= 11 is 0. The van der Waals surface area contributed by atoms with Gasteiger partial charge in [-0.2, -0.15) is 19.6 Å². The Balaban J connectivity index is 0.730. The van der Waals surface area contributed by atoms with Gasteiger partial charge in [0.15, 0.2) is 11.9 Å². The predicted octanol–water partition coefficient (Wildman–Crippen LogP) is 1.84. The van der Waals surface area contributed by atoms with Gasteiger partial charge in [0.25, 0.3) is 11.8 Å². The number of likely N-dealkylation sites (N-methyl/N-ethyl adjacent to an activating group) is 3. The summed E-state index contributed by atoms with van der Waals surface area (Å²) in [7, 11) is -18.2. The number of anilines is 2. The van der Waals surface area contributed by atoms with Gasteiger partial charge in [-0.25, -0.2) is 26.8 Å². The second kappa shape index (κ2) is 55.5. The van der Waals surface area contributed by atoms with Crippen molar-refractivity contribution in [2.24, 2.45) is 0 Å². The molecule has 54 heteroatoms. The average molecular weight is 2080 g/mol. The molecule has 9 amide bonds. The molecule has 1 fully saturated rings. The van der Waals surface area contributed by atoms with E-state index in [1.807, 2.05) is 18.7 Å². The Morgan fingerprint density at radius 2 is 0.804 bits per heavy atom. The highest BCUT2D eigenvalue weighted by molar-refractivity contribution is 8.19. The fourth-order valence-corrected chi connectivity index (χ4v) is 20.4. The molecule has 4 aromatic carbocycles. The molecular weight excluding hydrogens is 1950 g/mol. The second-order valence-corrected chi connectivity index (χ2v) is 40.6. The number of H-pyrrole nitrogens is 2. The molecule has 5 atom stereocenters. The van der Waals surface area contributed by atoms with Crippen molar-refractivity contribution in [1.82, 2.24) is 116 Å².